The van der Waals surface area contributed by atoms with Crippen LogP contribution in [-0.4, -0.2) is 42.8 Å². The Hall–Kier alpha value is -1.21. The fraction of sp³-hybridized carbons (Fsp3) is 0.667. The number of hydrogen-bond acceptors (Lipinski definition) is 5. The predicted molar refractivity (Wildman–Crippen MR) is 73.3 cm³/mol. The molecule has 1 N–H and O–H groups in total. The molecule has 19 heavy (non-hydrogen) atoms. The first-order chi connectivity index (χ1) is 8.95. The molecular formula is C12H20N4O2S. The van der Waals surface area contributed by atoms with Crippen molar-refractivity contribution < 1.29 is 8.42 Å². The van der Waals surface area contributed by atoms with E-state index < -0.39 is 10.0 Å². The fourth-order valence-corrected chi connectivity index (χ4v) is 3.65. The number of aromatic nitrogens is 2. The molecule has 1 aliphatic rings. The number of rotatable bonds is 4. The van der Waals surface area contributed by atoms with Crippen LogP contribution in [0, 0.1) is 11.8 Å². The van der Waals surface area contributed by atoms with Crippen molar-refractivity contribution >= 4 is 16.0 Å². The zero-order chi connectivity index (χ0) is 14.0. The van der Waals surface area contributed by atoms with Gasteiger partial charge in [0.25, 0.3) is 0 Å². The summed E-state index contributed by atoms with van der Waals surface area (Å²) in [7, 11) is -1.76. The van der Waals surface area contributed by atoms with Crippen molar-refractivity contribution in [1.82, 2.24) is 14.3 Å². The minimum absolute atomic E-state index is 0.163. The van der Waals surface area contributed by atoms with Gasteiger partial charge in [-0.3, -0.25) is 0 Å². The third kappa shape index (κ3) is 2.87. The number of nitrogens with one attached hydrogen (secondary N) is 1. The molecular weight excluding hydrogens is 264 g/mol. The molecule has 0 radical (unpaired) electrons. The van der Waals surface area contributed by atoms with Crippen LogP contribution < -0.4 is 5.32 Å². The van der Waals surface area contributed by atoms with Gasteiger partial charge in [-0.05, 0) is 18.3 Å². The summed E-state index contributed by atoms with van der Waals surface area (Å²) < 4.78 is 26.4. The summed E-state index contributed by atoms with van der Waals surface area (Å²) in [5, 5.41) is 2.77. The Morgan fingerprint density at radius 1 is 1.37 bits per heavy atom. The lowest BCUT2D eigenvalue weighted by atomic mass is 9.96. The van der Waals surface area contributed by atoms with Crippen molar-refractivity contribution in [2.45, 2.75) is 25.2 Å². The summed E-state index contributed by atoms with van der Waals surface area (Å²) in [6, 6.07) is 0. The van der Waals surface area contributed by atoms with E-state index in [-0.39, 0.29) is 4.90 Å². The first-order valence-corrected chi connectivity index (χ1v) is 7.89. The van der Waals surface area contributed by atoms with E-state index >= 15 is 0 Å². The van der Waals surface area contributed by atoms with E-state index in [1.165, 1.54) is 16.7 Å². The van der Waals surface area contributed by atoms with Gasteiger partial charge < -0.3 is 5.32 Å². The van der Waals surface area contributed by atoms with E-state index in [2.05, 4.69) is 29.1 Å². The van der Waals surface area contributed by atoms with E-state index in [0.29, 0.717) is 30.9 Å². The smallest absolute Gasteiger partial charge is 0.246 e. The van der Waals surface area contributed by atoms with Gasteiger partial charge in [-0.15, -0.1) is 0 Å². The van der Waals surface area contributed by atoms with Gasteiger partial charge in [0.05, 0.1) is 12.4 Å². The molecule has 1 atom stereocenters. The maximum Gasteiger partial charge on any atom is 0.246 e. The van der Waals surface area contributed by atoms with E-state index in [4.69, 9.17) is 0 Å². The average Bonchev–Trinajstić information content (AvgIpc) is 2.89. The molecule has 0 aliphatic carbocycles. The summed E-state index contributed by atoms with van der Waals surface area (Å²) in [4.78, 5) is 8.08. The topological polar surface area (TPSA) is 75.2 Å². The van der Waals surface area contributed by atoms with Crippen LogP contribution in [0.15, 0.2) is 17.3 Å². The predicted octanol–water partition coefficient (Wildman–Crippen LogP) is 1.18. The molecule has 1 unspecified atom stereocenters. The molecule has 2 heterocycles. The van der Waals surface area contributed by atoms with Crippen LogP contribution in [0.25, 0.3) is 0 Å². The van der Waals surface area contributed by atoms with Crippen molar-refractivity contribution in [1.29, 1.82) is 0 Å². The fourth-order valence-electron chi connectivity index (χ4n) is 2.24. The largest absolute Gasteiger partial charge is 0.357 e. The van der Waals surface area contributed by atoms with Crippen LogP contribution in [0.1, 0.15) is 20.3 Å². The summed E-state index contributed by atoms with van der Waals surface area (Å²) in [6.45, 7) is 5.43. The zero-order valence-corrected chi connectivity index (χ0v) is 12.3. The van der Waals surface area contributed by atoms with Crippen LogP contribution in [-0.2, 0) is 10.0 Å². The van der Waals surface area contributed by atoms with Gasteiger partial charge in [-0.1, -0.05) is 13.8 Å². The first-order valence-electron chi connectivity index (χ1n) is 6.45. The molecule has 1 fully saturated rings. The summed E-state index contributed by atoms with van der Waals surface area (Å²) in [5.74, 6) is 1.36. The molecule has 1 aromatic heterocycles. The molecule has 7 heteroatoms. The van der Waals surface area contributed by atoms with Crippen molar-refractivity contribution in [3.63, 3.8) is 0 Å². The lowest BCUT2D eigenvalue weighted by Crippen LogP contribution is -2.29. The molecule has 1 aromatic rings. The third-order valence-corrected chi connectivity index (χ3v) is 5.44. The van der Waals surface area contributed by atoms with Crippen molar-refractivity contribution in [2.24, 2.45) is 11.8 Å². The van der Waals surface area contributed by atoms with Crippen molar-refractivity contribution in [3.05, 3.63) is 12.4 Å². The van der Waals surface area contributed by atoms with Gasteiger partial charge in [-0.2, -0.15) is 4.31 Å². The minimum atomic E-state index is -3.45. The molecule has 0 spiro atoms. The number of nitrogens with zero attached hydrogens (tertiary/aromatic N) is 3. The monoisotopic (exact) mass is 284 g/mol. The SMILES string of the molecule is CNc1ncc(S(=O)(=O)N2CCC(C(C)C)C2)cn1. The lowest BCUT2D eigenvalue weighted by Gasteiger charge is -2.17. The molecule has 0 bridgehead atoms. The quantitative estimate of drug-likeness (QED) is 0.898. The second kappa shape index (κ2) is 5.42. The molecule has 106 valence electrons. The van der Waals surface area contributed by atoms with Gasteiger partial charge in [0.2, 0.25) is 16.0 Å². The molecule has 0 saturated carbocycles. The average molecular weight is 284 g/mol. The molecule has 0 amide bonds. The Bertz CT molecular complexity index is 527. The van der Waals surface area contributed by atoms with E-state index in [0.717, 1.165) is 6.42 Å². The van der Waals surface area contributed by atoms with Crippen LogP contribution in [0.4, 0.5) is 5.95 Å². The maximum atomic E-state index is 12.4. The summed E-state index contributed by atoms with van der Waals surface area (Å²) >= 11 is 0. The molecule has 6 nitrogen and oxygen atoms in total. The summed E-state index contributed by atoms with van der Waals surface area (Å²) in [5.41, 5.74) is 0. The second-order valence-electron chi connectivity index (χ2n) is 5.15. The third-order valence-electron chi connectivity index (χ3n) is 3.62. The Morgan fingerprint density at radius 3 is 2.47 bits per heavy atom. The molecule has 2 rings (SSSR count). The highest BCUT2D eigenvalue weighted by atomic mass is 32.2. The highest BCUT2D eigenvalue weighted by Crippen LogP contribution is 2.28. The Balaban J connectivity index is 2.18. The van der Waals surface area contributed by atoms with Gasteiger partial charge in [0.15, 0.2) is 0 Å². The van der Waals surface area contributed by atoms with Crippen LogP contribution in [0.3, 0.4) is 0 Å². The zero-order valence-electron chi connectivity index (χ0n) is 11.5. The number of hydrogen-bond donors (Lipinski definition) is 1. The molecule has 0 aromatic carbocycles. The van der Waals surface area contributed by atoms with E-state index in [1.807, 2.05) is 0 Å². The Morgan fingerprint density at radius 2 is 2.00 bits per heavy atom. The van der Waals surface area contributed by atoms with Crippen LogP contribution >= 0.6 is 0 Å². The van der Waals surface area contributed by atoms with Gasteiger partial charge in [-0.25, -0.2) is 18.4 Å². The van der Waals surface area contributed by atoms with Gasteiger partial charge in [0, 0.05) is 20.1 Å². The number of sulfonamides is 1. The molecule has 1 aliphatic heterocycles. The lowest BCUT2D eigenvalue weighted by molar-refractivity contribution is 0.388. The minimum Gasteiger partial charge on any atom is -0.357 e. The maximum absolute atomic E-state index is 12.4. The summed E-state index contributed by atoms with van der Waals surface area (Å²) in [6.07, 6.45) is 3.64. The molecule has 1 saturated heterocycles. The normalized spacial score (nSPS) is 20.9. The van der Waals surface area contributed by atoms with Crippen molar-refractivity contribution in [2.75, 3.05) is 25.5 Å². The second-order valence-corrected chi connectivity index (χ2v) is 7.09. The Labute approximate surface area is 114 Å². The van der Waals surface area contributed by atoms with Crippen molar-refractivity contribution in [3.8, 4) is 0 Å². The van der Waals surface area contributed by atoms with Crippen LogP contribution in [0.2, 0.25) is 0 Å². The highest BCUT2D eigenvalue weighted by molar-refractivity contribution is 7.89. The van der Waals surface area contributed by atoms with Gasteiger partial charge in [0.1, 0.15) is 4.90 Å². The van der Waals surface area contributed by atoms with E-state index in [9.17, 15) is 8.42 Å². The van der Waals surface area contributed by atoms with Gasteiger partial charge >= 0.3 is 0 Å². The number of anilines is 1. The Kier molecular flexibility index (Phi) is 4.05. The standard InChI is InChI=1S/C12H20N4O2S/c1-9(2)10-4-5-16(8-10)19(17,18)11-6-14-12(13-3)15-7-11/h6-7,9-10H,4-5,8H2,1-3H3,(H,13,14,15). The first kappa shape index (κ1) is 14.2. The van der Waals surface area contributed by atoms with E-state index in [1.54, 1.807) is 7.05 Å². The highest BCUT2D eigenvalue weighted by Gasteiger charge is 2.34. The van der Waals surface area contributed by atoms with Crippen LogP contribution in [0.5, 0.6) is 0 Å².